The quantitative estimate of drug-likeness (QED) is 0.487. The van der Waals surface area contributed by atoms with Gasteiger partial charge in [-0.15, -0.1) is 0 Å². The summed E-state index contributed by atoms with van der Waals surface area (Å²) in [6.45, 7) is 2.33. The number of allylic oxidation sites excluding steroid dienone is 1. The van der Waals surface area contributed by atoms with Crippen molar-refractivity contribution in [2.24, 2.45) is 0 Å². The van der Waals surface area contributed by atoms with Crippen molar-refractivity contribution in [2.75, 3.05) is 20.3 Å². The summed E-state index contributed by atoms with van der Waals surface area (Å²) in [5, 5.41) is 7.08. The molecule has 1 aromatic carbocycles. The zero-order valence-corrected chi connectivity index (χ0v) is 13.9. The Bertz CT molecular complexity index is 619. The lowest BCUT2D eigenvalue weighted by Gasteiger charge is -2.30. The molecule has 0 amide bonds. The Hall–Kier alpha value is -1.63. The van der Waals surface area contributed by atoms with Gasteiger partial charge in [-0.05, 0) is 36.8 Å². The minimum atomic E-state index is -0.415. The largest absolute Gasteiger partial charge is 0.460 e. The predicted molar refractivity (Wildman–Crippen MR) is 88.6 cm³/mol. The minimum absolute atomic E-state index is 0.193. The van der Waals surface area contributed by atoms with E-state index in [0.29, 0.717) is 28.0 Å². The fourth-order valence-electron chi connectivity index (χ4n) is 2.20. The van der Waals surface area contributed by atoms with Crippen LogP contribution in [-0.4, -0.2) is 31.4 Å². The molecule has 0 saturated heterocycles. The number of carbonyl (C=O) groups excluding carboxylic acids is 1. The van der Waals surface area contributed by atoms with E-state index < -0.39 is 12.0 Å². The molecule has 1 heterocycles. The molecule has 0 aromatic heterocycles. The summed E-state index contributed by atoms with van der Waals surface area (Å²) in [7, 11) is 1.55. The molecule has 118 valence electrons. The Kier molecular flexibility index (Phi) is 5.76. The molecule has 22 heavy (non-hydrogen) atoms. The van der Waals surface area contributed by atoms with Crippen LogP contribution in [0.3, 0.4) is 0 Å². The Labute approximate surface area is 139 Å². The van der Waals surface area contributed by atoms with E-state index in [4.69, 9.17) is 33.3 Å². The average molecular weight is 341 g/mol. The number of benzene rings is 1. The second-order valence-corrected chi connectivity index (χ2v) is 5.60. The fourth-order valence-corrected chi connectivity index (χ4v) is 2.67. The van der Waals surface area contributed by atoms with Crippen molar-refractivity contribution in [3.05, 3.63) is 46.1 Å². The first kappa shape index (κ1) is 16.7. The van der Waals surface area contributed by atoms with E-state index in [-0.39, 0.29) is 6.61 Å². The molecule has 5 nitrogen and oxygen atoms in total. The first-order chi connectivity index (χ1) is 10.5. The van der Waals surface area contributed by atoms with E-state index in [2.05, 4.69) is 10.6 Å². The number of methoxy groups -OCH3 is 1. The molecule has 0 bridgehead atoms. The third-order valence-electron chi connectivity index (χ3n) is 3.19. The van der Waals surface area contributed by atoms with Gasteiger partial charge in [0.25, 0.3) is 0 Å². The average Bonchev–Trinajstić information content (AvgIpc) is 2.46. The van der Waals surface area contributed by atoms with Crippen LogP contribution in [0.25, 0.3) is 0 Å². The van der Waals surface area contributed by atoms with Crippen LogP contribution in [0.2, 0.25) is 5.02 Å². The molecule has 1 unspecified atom stereocenters. The van der Waals surface area contributed by atoms with Crippen LogP contribution >= 0.6 is 23.8 Å². The molecule has 7 heteroatoms. The molecule has 1 aromatic rings. The van der Waals surface area contributed by atoms with Crippen molar-refractivity contribution in [1.82, 2.24) is 10.6 Å². The van der Waals surface area contributed by atoms with Gasteiger partial charge in [-0.2, -0.15) is 0 Å². The number of hydrogen-bond donors (Lipinski definition) is 2. The summed E-state index contributed by atoms with van der Waals surface area (Å²) in [5.41, 5.74) is 1.98. The van der Waals surface area contributed by atoms with Gasteiger partial charge < -0.3 is 20.1 Å². The molecule has 0 spiro atoms. The van der Waals surface area contributed by atoms with Crippen LogP contribution in [0.15, 0.2) is 35.5 Å². The van der Waals surface area contributed by atoms with Crippen molar-refractivity contribution in [2.45, 2.75) is 13.0 Å². The second-order valence-electron chi connectivity index (χ2n) is 4.75. The van der Waals surface area contributed by atoms with Gasteiger partial charge in [0.05, 0.1) is 18.2 Å². The zero-order chi connectivity index (χ0) is 16.1. The van der Waals surface area contributed by atoms with Crippen LogP contribution < -0.4 is 10.6 Å². The highest BCUT2D eigenvalue weighted by Crippen LogP contribution is 2.29. The van der Waals surface area contributed by atoms with E-state index in [0.717, 1.165) is 5.56 Å². The molecule has 1 atom stereocenters. The van der Waals surface area contributed by atoms with E-state index in [1.54, 1.807) is 26.2 Å². The van der Waals surface area contributed by atoms with Crippen LogP contribution in [0.4, 0.5) is 0 Å². The summed E-state index contributed by atoms with van der Waals surface area (Å²) in [6, 6.07) is 6.88. The van der Waals surface area contributed by atoms with Crippen molar-refractivity contribution in [3.63, 3.8) is 0 Å². The number of nitrogens with one attached hydrogen (secondary N) is 2. The molecule has 1 aliphatic rings. The summed E-state index contributed by atoms with van der Waals surface area (Å²) in [6.07, 6.45) is 0. The summed E-state index contributed by atoms with van der Waals surface area (Å²) < 4.78 is 10.1. The number of thiocarbonyl (C=S) groups is 1. The van der Waals surface area contributed by atoms with Crippen molar-refractivity contribution in [1.29, 1.82) is 0 Å². The van der Waals surface area contributed by atoms with Gasteiger partial charge in [-0.25, -0.2) is 4.79 Å². The normalized spacial score (nSPS) is 17.8. The predicted octanol–water partition coefficient (Wildman–Crippen LogP) is 2.32. The number of ether oxygens (including phenoxy) is 2. The van der Waals surface area contributed by atoms with E-state index in [9.17, 15) is 4.79 Å². The fraction of sp³-hybridized carbons (Fsp3) is 0.333. The van der Waals surface area contributed by atoms with Crippen LogP contribution in [-0.2, 0) is 14.3 Å². The Morgan fingerprint density at radius 3 is 2.86 bits per heavy atom. The lowest BCUT2D eigenvalue weighted by molar-refractivity contribution is -0.140. The molecule has 1 aliphatic heterocycles. The van der Waals surface area contributed by atoms with Gasteiger partial charge in [0, 0.05) is 17.8 Å². The molecule has 0 aliphatic carbocycles. The Morgan fingerprint density at radius 1 is 1.41 bits per heavy atom. The Morgan fingerprint density at radius 2 is 2.18 bits per heavy atom. The highest BCUT2D eigenvalue weighted by Gasteiger charge is 2.30. The van der Waals surface area contributed by atoms with E-state index >= 15 is 0 Å². The molecular weight excluding hydrogens is 324 g/mol. The molecular formula is C15H17ClN2O3S. The minimum Gasteiger partial charge on any atom is -0.460 e. The number of rotatable bonds is 5. The van der Waals surface area contributed by atoms with E-state index in [1.807, 2.05) is 12.1 Å². The third kappa shape index (κ3) is 3.97. The SMILES string of the molecule is COCCOC(=O)C1=C(C)NC(=S)NC1c1cccc(Cl)c1. The van der Waals surface area contributed by atoms with Gasteiger partial charge in [0.1, 0.15) is 6.61 Å². The first-order valence-electron chi connectivity index (χ1n) is 6.72. The van der Waals surface area contributed by atoms with Gasteiger partial charge >= 0.3 is 5.97 Å². The number of hydrogen-bond acceptors (Lipinski definition) is 4. The van der Waals surface area contributed by atoms with Gasteiger partial charge in [-0.1, -0.05) is 23.7 Å². The molecule has 0 fully saturated rings. The third-order valence-corrected chi connectivity index (χ3v) is 3.65. The highest BCUT2D eigenvalue weighted by molar-refractivity contribution is 7.80. The van der Waals surface area contributed by atoms with Gasteiger partial charge in [-0.3, -0.25) is 0 Å². The first-order valence-corrected chi connectivity index (χ1v) is 7.51. The van der Waals surface area contributed by atoms with Crippen LogP contribution in [0, 0.1) is 0 Å². The monoisotopic (exact) mass is 340 g/mol. The Balaban J connectivity index is 2.30. The zero-order valence-electron chi connectivity index (χ0n) is 12.3. The van der Waals surface area contributed by atoms with E-state index in [1.165, 1.54) is 0 Å². The summed E-state index contributed by atoms with van der Waals surface area (Å²) >= 11 is 11.2. The van der Waals surface area contributed by atoms with Crippen molar-refractivity contribution < 1.29 is 14.3 Å². The molecule has 2 rings (SSSR count). The molecule has 0 radical (unpaired) electrons. The highest BCUT2D eigenvalue weighted by atomic mass is 35.5. The van der Waals surface area contributed by atoms with Crippen LogP contribution in [0.1, 0.15) is 18.5 Å². The number of esters is 1. The summed E-state index contributed by atoms with van der Waals surface area (Å²) in [4.78, 5) is 12.4. The number of halogens is 1. The lowest BCUT2D eigenvalue weighted by Crippen LogP contribution is -2.45. The van der Waals surface area contributed by atoms with Crippen molar-refractivity contribution >= 4 is 34.9 Å². The maximum Gasteiger partial charge on any atom is 0.338 e. The van der Waals surface area contributed by atoms with Gasteiger partial charge in [0.2, 0.25) is 0 Å². The molecule has 0 saturated carbocycles. The maximum atomic E-state index is 12.4. The second kappa shape index (κ2) is 7.58. The smallest absolute Gasteiger partial charge is 0.338 e. The maximum absolute atomic E-state index is 12.4. The standard InChI is InChI=1S/C15H17ClN2O3S/c1-9-12(14(19)21-7-6-20-2)13(18-15(22)17-9)10-4-3-5-11(16)8-10/h3-5,8,13H,6-7H2,1-2H3,(H2,17,18,22). The number of carbonyl (C=O) groups is 1. The summed E-state index contributed by atoms with van der Waals surface area (Å²) in [5.74, 6) is -0.415. The lowest BCUT2D eigenvalue weighted by atomic mass is 9.96. The topological polar surface area (TPSA) is 59.6 Å². The molecule has 2 N–H and O–H groups in total. The van der Waals surface area contributed by atoms with Crippen molar-refractivity contribution in [3.8, 4) is 0 Å². The van der Waals surface area contributed by atoms with Crippen LogP contribution in [0.5, 0.6) is 0 Å². The van der Waals surface area contributed by atoms with Gasteiger partial charge in [0.15, 0.2) is 5.11 Å².